The van der Waals surface area contributed by atoms with Gasteiger partial charge in [-0.3, -0.25) is 11.3 Å². The summed E-state index contributed by atoms with van der Waals surface area (Å²) in [7, 11) is 0. The van der Waals surface area contributed by atoms with Crippen molar-refractivity contribution >= 4 is 11.6 Å². The molecule has 1 heterocycles. The predicted octanol–water partition coefficient (Wildman–Crippen LogP) is 3.44. The van der Waals surface area contributed by atoms with Gasteiger partial charge in [0.25, 0.3) is 0 Å². The molecular weight excluding hydrogens is 267 g/mol. The third kappa shape index (κ3) is 3.15. The fourth-order valence-electron chi connectivity index (χ4n) is 2.17. The van der Waals surface area contributed by atoms with E-state index in [0.29, 0.717) is 17.0 Å². The number of rotatable bonds is 4. The molecule has 0 amide bonds. The molecule has 0 saturated heterocycles. The van der Waals surface area contributed by atoms with Gasteiger partial charge in [-0.1, -0.05) is 11.6 Å². The van der Waals surface area contributed by atoms with E-state index < -0.39 is 0 Å². The Kier molecular flexibility index (Phi) is 4.24. The highest BCUT2D eigenvalue weighted by Gasteiger charge is 2.18. The molecule has 102 valence electrons. The van der Waals surface area contributed by atoms with E-state index in [4.69, 9.17) is 21.9 Å². The van der Waals surface area contributed by atoms with Crippen molar-refractivity contribution in [2.45, 2.75) is 26.3 Å². The Labute approximate surface area is 116 Å². The number of hydrazine groups is 1. The zero-order valence-electron chi connectivity index (χ0n) is 10.8. The lowest BCUT2D eigenvalue weighted by atomic mass is 9.99. The van der Waals surface area contributed by atoms with E-state index in [-0.39, 0.29) is 11.9 Å². The summed E-state index contributed by atoms with van der Waals surface area (Å²) in [5, 5.41) is 0.507. The van der Waals surface area contributed by atoms with Gasteiger partial charge in [-0.2, -0.15) is 0 Å². The van der Waals surface area contributed by atoms with Gasteiger partial charge in [-0.25, -0.2) is 4.39 Å². The Hall–Kier alpha value is -1.36. The number of halogens is 2. The molecule has 3 nitrogen and oxygen atoms in total. The van der Waals surface area contributed by atoms with E-state index in [1.807, 2.05) is 19.9 Å². The quantitative estimate of drug-likeness (QED) is 0.667. The summed E-state index contributed by atoms with van der Waals surface area (Å²) >= 11 is 5.89. The van der Waals surface area contributed by atoms with E-state index in [1.165, 1.54) is 12.1 Å². The Morgan fingerprint density at radius 2 is 2.11 bits per heavy atom. The van der Waals surface area contributed by atoms with E-state index in [0.717, 1.165) is 17.1 Å². The summed E-state index contributed by atoms with van der Waals surface area (Å²) in [6.07, 6.45) is 0.405. The van der Waals surface area contributed by atoms with Crippen LogP contribution in [0.5, 0.6) is 0 Å². The van der Waals surface area contributed by atoms with Crippen LogP contribution in [0.15, 0.2) is 28.7 Å². The molecule has 0 aliphatic heterocycles. The summed E-state index contributed by atoms with van der Waals surface area (Å²) in [5.74, 6) is 6.87. The number of hydrogen-bond acceptors (Lipinski definition) is 3. The molecule has 0 fully saturated rings. The molecule has 3 N–H and O–H groups in total. The molecule has 5 heteroatoms. The second-order valence-electron chi connectivity index (χ2n) is 4.53. The van der Waals surface area contributed by atoms with Crippen molar-refractivity contribution in [2.75, 3.05) is 0 Å². The average molecular weight is 283 g/mol. The summed E-state index contributed by atoms with van der Waals surface area (Å²) in [4.78, 5) is 0. The standard InChI is InChI=1S/C14H16ClFN2O/c1-8-5-12(9(2)19-8)14(18-17)7-10-6-11(15)3-4-13(10)16/h3-6,14,18H,7,17H2,1-2H3. The maximum absolute atomic E-state index is 13.7. The normalized spacial score (nSPS) is 12.7. The Bertz CT molecular complexity index is 583. The first kappa shape index (κ1) is 14.1. The molecule has 2 aromatic rings. The molecule has 0 radical (unpaired) electrons. The molecule has 1 unspecified atom stereocenters. The van der Waals surface area contributed by atoms with Crippen molar-refractivity contribution in [1.82, 2.24) is 5.43 Å². The molecule has 0 bridgehead atoms. The third-order valence-corrected chi connectivity index (χ3v) is 3.32. The summed E-state index contributed by atoms with van der Waals surface area (Å²) in [6.45, 7) is 3.73. The molecule has 1 atom stereocenters. The van der Waals surface area contributed by atoms with Crippen LogP contribution in [0.3, 0.4) is 0 Å². The minimum atomic E-state index is -0.289. The van der Waals surface area contributed by atoms with Crippen LogP contribution in [0, 0.1) is 19.7 Å². The smallest absolute Gasteiger partial charge is 0.126 e. The zero-order chi connectivity index (χ0) is 14.0. The molecule has 1 aromatic heterocycles. The summed E-state index contributed by atoms with van der Waals surface area (Å²) < 4.78 is 19.2. The fourth-order valence-corrected chi connectivity index (χ4v) is 2.37. The van der Waals surface area contributed by atoms with E-state index >= 15 is 0 Å². The van der Waals surface area contributed by atoms with Crippen molar-refractivity contribution in [2.24, 2.45) is 5.84 Å². The van der Waals surface area contributed by atoms with Gasteiger partial charge in [0.1, 0.15) is 17.3 Å². The second kappa shape index (κ2) is 5.74. The van der Waals surface area contributed by atoms with Gasteiger partial charge in [0.05, 0.1) is 6.04 Å². The molecular formula is C14H16ClFN2O. The average Bonchev–Trinajstić information content (AvgIpc) is 2.69. The van der Waals surface area contributed by atoms with Crippen molar-refractivity contribution in [1.29, 1.82) is 0 Å². The molecule has 1 aromatic carbocycles. The first-order chi connectivity index (χ1) is 9.01. The molecule has 19 heavy (non-hydrogen) atoms. The highest BCUT2D eigenvalue weighted by molar-refractivity contribution is 6.30. The summed E-state index contributed by atoms with van der Waals surface area (Å²) in [6, 6.07) is 6.19. The van der Waals surface area contributed by atoms with E-state index in [1.54, 1.807) is 6.07 Å². The maximum atomic E-state index is 13.7. The lowest BCUT2D eigenvalue weighted by Gasteiger charge is -2.16. The van der Waals surface area contributed by atoms with Crippen LogP contribution in [0.4, 0.5) is 4.39 Å². The summed E-state index contributed by atoms with van der Waals surface area (Å²) in [5.41, 5.74) is 4.15. The number of aryl methyl sites for hydroxylation is 2. The Morgan fingerprint density at radius 1 is 1.37 bits per heavy atom. The van der Waals surface area contributed by atoms with Gasteiger partial charge >= 0.3 is 0 Å². The lowest BCUT2D eigenvalue weighted by Crippen LogP contribution is -2.30. The second-order valence-corrected chi connectivity index (χ2v) is 4.96. The van der Waals surface area contributed by atoms with Gasteiger partial charge in [-0.15, -0.1) is 0 Å². The molecule has 0 aliphatic rings. The van der Waals surface area contributed by atoms with Gasteiger partial charge in [0, 0.05) is 10.6 Å². The van der Waals surface area contributed by atoms with Crippen LogP contribution in [0.25, 0.3) is 0 Å². The third-order valence-electron chi connectivity index (χ3n) is 3.09. The molecule has 2 rings (SSSR count). The fraction of sp³-hybridized carbons (Fsp3) is 0.286. The van der Waals surface area contributed by atoms with E-state index in [2.05, 4.69) is 5.43 Å². The number of nitrogens with one attached hydrogen (secondary N) is 1. The number of benzene rings is 1. The van der Waals surface area contributed by atoms with Crippen molar-refractivity contribution in [3.63, 3.8) is 0 Å². The zero-order valence-corrected chi connectivity index (χ0v) is 11.6. The number of hydrogen-bond donors (Lipinski definition) is 2. The molecule has 0 saturated carbocycles. The van der Waals surface area contributed by atoms with Crippen molar-refractivity contribution in [3.05, 3.63) is 57.8 Å². The van der Waals surface area contributed by atoms with Crippen LogP contribution < -0.4 is 11.3 Å². The Morgan fingerprint density at radius 3 is 2.68 bits per heavy atom. The first-order valence-electron chi connectivity index (χ1n) is 5.98. The minimum absolute atomic E-state index is 0.217. The van der Waals surface area contributed by atoms with Crippen LogP contribution in [-0.4, -0.2) is 0 Å². The van der Waals surface area contributed by atoms with Crippen molar-refractivity contribution < 1.29 is 8.81 Å². The van der Waals surface area contributed by atoms with Gasteiger partial charge < -0.3 is 4.42 Å². The topological polar surface area (TPSA) is 51.2 Å². The highest BCUT2D eigenvalue weighted by atomic mass is 35.5. The first-order valence-corrected chi connectivity index (χ1v) is 6.36. The monoisotopic (exact) mass is 282 g/mol. The number of furan rings is 1. The predicted molar refractivity (Wildman–Crippen MR) is 73.4 cm³/mol. The Balaban J connectivity index is 2.29. The molecule has 0 spiro atoms. The lowest BCUT2D eigenvalue weighted by molar-refractivity contribution is 0.481. The van der Waals surface area contributed by atoms with Gasteiger partial charge in [-0.05, 0) is 50.1 Å². The SMILES string of the molecule is Cc1cc(C(Cc2cc(Cl)ccc2F)NN)c(C)o1. The van der Waals surface area contributed by atoms with Crippen molar-refractivity contribution in [3.8, 4) is 0 Å². The van der Waals surface area contributed by atoms with Gasteiger partial charge in [0.2, 0.25) is 0 Å². The molecule has 0 aliphatic carbocycles. The van der Waals surface area contributed by atoms with Gasteiger partial charge in [0.15, 0.2) is 0 Å². The van der Waals surface area contributed by atoms with E-state index in [9.17, 15) is 4.39 Å². The number of nitrogens with two attached hydrogens (primary N) is 1. The maximum Gasteiger partial charge on any atom is 0.126 e. The van der Waals surface area contributed by atoms with Crippen LogP contribution in [0.1, 0.15) is 28.7 Å². The minimum Gasteiger partial charge on any atom is -0.466 e. The largest absolute Gasteiger partial charge is 0.466 e. The van der Waals surface area contributed by atoms with Crippen LogP contribution in [0.2, 0.25) is 5.02 Å². The van der Waals surface area contributed by atoms with Crippen LogP contribution in [-0.2, 0) is 6.42 Å². The van der Waals surface area contributed by atoms with Crippen LogP contribution >= 0.6 is 11.6 Å². The highest BCUT2D eigenvalue weighted by Crippen LogP contribution is 2.26.